The van der Waals surface area contributed by atoms with Gasteiger partial charge in [0, 0.05) is 13.0 Å². The Morgan fingerprint density at radius 2 is 2.09 bits per heavy atom. The van der Waals surface area contributed by atoms with Gasteiger partial charge in [0.25, 0.3) is 0 Å². The van der Waals surface area contributed by atoms with Crippen molar-refractivity contribution in [1.82, 2.24) is 0 Å². The quantitative estimate of drug-likeness (QED) is 0.176. The first-order valence-corrected chi connectivity index (χ1v) is 6.92. The molecule has 2 unspecified atom stereocenters. The number of esters is 1. The summed E-state index contributed by atoms with van der Waals surface area (Å²) in [6.07, 6.45) is 5.92. The average molecular weight is 311 g/mol. The van der Waals surface area contributed by atoms with Crippen molar-refractivity contribution in [3.63, 3.8) is 0 Å². The number of hydrogen-bond acceptors (Lipinski definition) is 6. The van der Waals surface area contributed by atoms with Gasteiger partial charge in [-0.05, 0) is 20.8 Å². The SMILES string of the molecule is C/C=C/C=C/C(C/C(O)=C(\[N+]#N)C(=O)OC)OC(C)OCC. The lowest BCUT2D eigenvalue weighted by molar-refractivity contribution is -0.146. The van der Waals surface area contributed by atoms with E-state index in [1.54, 1.807) is 25.2 Å². The second-order valence-corrected chi connectivity index (χ2v) is 4.20. The van der Waals surface area contributed by atoms with Crippen LogP contribution < -0.4 is 0 Å². The molecule has 0 saturated carbocycles. The molecular weight excluding hydrogens is 288 g/mol. The van der Waals surface area contributed by atoms with E-state index in [1.165, 1.54) is 0 Å². The molecule has 0 aromatic carbocycles. The Labute approximate surface area is 130 Å². The van der Waals surface area contributed by atoms with Gasteiger partial charge in [-0.15, -0.1) is 0 Å². The van der Waals surface area contributed by atoms with Gasteiger partial charge in [0.1, 0.15) is 0 Å². The monoisotopic (exact) mass is 311 g/mol. The van der Waals surface area contributed by atoms with E-state index >= 15 is 0 Å². The molecule has 7 nitrogen and oxygen atoms in total. The molecule has 0 aliphatic rings. The van der Waals surface area contributed by atoms with Crippen LogP contribution in [0.2, 0.25) is 0 Å². The lowest BCUT2D eigenvalue weighted by Gasteiger charge is -2.19. The number of carbonyl (C=O) groups excluding carboxylic acids is 1. The number of aliphatic hydroxyl groups excluding tert-OH is 1. The van der Waals surface area contributed by atoms with Gasteiger partial charge in [-0.25, -0.2) is 4.79 Å². The number of ether oxygens (including phenoxy) is 3. The highest BCUT2D eigenvalue weighted by Crippen LogP contribution is 2.16. The maximum absolute atomic E-state index is 11.4. The number of allylic oxidation sites excluding steroid dienone is 3. The summed E-state index contributed by atoms with van der Waals surface area (Å²) in [6.45, 7) is 5.90. The van der Waals surface area contributed by atoms with E-state index in [9.17, 15) is 9.90 Å². The molecule has 0 saturated heterocycles. The standard InChI is InChI=1S/C15H22N2O5/c1-5-7-8-9-12(22-11(3)21-6-2)10-13(18)14(17-16)15(19)20-4/h5,7-9,11-12H,6,10H2,1-4H3/p+1/b7-5+,9-8+. The van der Waals surface area contributed by atoms with Gasteiger partial charge in [0.05, 0.1) is 13.2 Å². The Bertz CT molecular complexity index is 477. The zero-order valence-corrected chi connectivity index (χ0v) is 13.4. The predicted octanol–water partition coefficient (Wildman–Crippen LogP) is 3.07. The molecule has 0 aromatic rings. The lowest BCUT2D eigenvalue weighted by atomic mass is 10.1. The summed E-state index contributed by atoms with van der Waals surface area (Å²) < 4.78 is 15.3. The Hall–Kier alpha value is -2.17. The van der Waals surface area contributed by atoms with Crippen LogP contribution in [0.3, 0.4) is 0 Å². The smallest absolute Gasteiger partial charge is 0.505 e. The molecule has 2 atom stereocenters. The third kappa shape index (κ3) is 7.57. The summed E-state index contributed by atoms with van der Waals surface area (Å²) in [7, 11) is 1.12. The van der Waals surface area contributed by atoms with E-state index in [-0.39, 0.29) is 6.42 Å². The summed E-state index contributed by atoms with van der Waals surface area (Å²) in [6, 6.07) is 0. The van der Waals surface area contributed by atoms with Gasteiger partial charge in [-0.3, -0.25) is 0 Å². The maximum Gasteiger partial charge on any atom is 0.505 e. The van der Waals surface area contributed by atoms with E-state index in [4.69, 9.17) is 14.9 Å². The molecule has 0 bridgehead atoms. The third-order valence-corrected chi connectivity index (χ3v) is 2.54. The highest BCUT2D eigenvalue weighted by molar-refractivity contribution is 5.90. The number of carbonyl (C=O) groups is 1. The largest absolute Gasteiger partial charge is 0.505 e. The van der Waals surface area contributed by atoms with Crippen LogP contribution in [0.5, 0.6) is 0 Å². The number of hydrogen-bond donors (Lipinski definition) is 1. The number of methoxy groups -OCH3 is 1. The molecular formula is C15H23N2O5+. The minimum Gasteiger partial charge on any atom is -0.505 e. The zero-order valence-electron chi connectivity index (χ0n) is 13.4. The summed E-state index contributed by atoms with van der Waals surface area (Å²) in [5.41, 5.74) is -0.556. The fraction of sp³-hybridized carbons (Fsp3) is 0.533. The van der Waals surface area contributed by atoms with Crippen molar-refractivity contribution in [3.05, 3.63) is 40.7 Å². The molecule has 0 aliphatic heterocycles. The fourth-order valence-electron chi connectivity index (χ4n) is 1.58. The molecule has 0 radical (unpaired) electrons. The lowest BCUT2D eigenvalue weighted by Crippen LogP contribution is -2.22. The van der Waals surface area contributed by atoms with E-state index in [0.29, 0.717) is 6.61 Å². The molecule has 0 spiro atoms. The number of rotatable bonds is 9. The van der Waals surface area contributed by atoms with Crippen molar-refractivity contribution in [1.29, 1.82) is 5.39 Å². The minimum absolute atomic E-state index is 0.0695. The van der Waals surface area contributed by atoms with E-state index < -0.39 is 29.8 Å². The zero-order chi connectivity index (χ0) is 17.0. The Morgan fingerprint density at radius 1 is 1.41 bits per heavy atom. The van der Waals surface area contributed by atoms with E-state index in [0.717, 1.165) is 7.11 Å². The number of nitrogens with zero attached hydrogens (tertiary/aromatic N) is 2. The molecule has 0 rings (SSSR count). The van der Waals surface area contributed by atoms with Crippen LogP contribution in [0.4, 0.5) is 0 Å². The Kier molecular flexibility index (Phi) is 10.4. The van der Waals surface area contributed by atoms with E-state index in [2.05, 4.69) is 9.71 Å². The van der Waals surface area contributed by atoms with Crippen molar-refractivity contribution in [2.45, 2.75) is 39.6 Å². The van der Waals surface area contributed by atoms with Crippen LogP contribution in [-0.4, -0.2) is 37.2 Å². The van der Waals surface area contributed by atoms with E-state index in [1.807, 2.05) is 19.9 Å². The van der Waals surface area contributed by atoms with Crippen molar-refractivity contribution in [2.75, 3.05) is 13.7 Å². The third-order valence-electron chi connectivity index (χ3n) is 2.54. The molecule has 22 heavy (non-hydrogen) atoms. The summed E-state index contributed by atoms with van der Waals surface area (Å²) >= 11 is 0. The summed E-state index contributed by atoms with van der Waals surface area (Å²) in [5, 5.41) is 18.7. The van der Waals surface area contributed by atoms with Crippen LogP contribution in [0, 0.1) is 5.39 Å². The molecule has 0 heterocycles. The molecule has 7 heteroatoms. The highest BCUT2D eigenvalue weighted by atomic mass is 16.7. The topological polar surface area (TPSA) is 93.1 Å². The summed E-state index contributed by atoms with van der Waals surface area (Å²) in [4.78, 5) is 14.1. The summed E-state index contributed by atoms with van der Waals surface area (Å²) in [5.74, 6) is -1.37. The van der Waals surface area contributed by atoms with Crippen molar-refractivity contribution in [2.24, 2.45) is 0 Å². The van der Waals surface area contributed by atoms with Gasteiger partial charge < -0.3 is 19.3 Å². The molecule has 0 amide bonds. The fourth-order valence-corrected chi connectivity index (χ4v) is 1.58. The molecule has 0 aliphatic carbocycles. The van der Waals surface area contributed by atoms with Crippen molar-refractivity contribution < 1.29 is 24.1 Å². The van der Waals surface area contributed by atoms with Gasteiger partial charge >= 0.3 is 11.7 Å². The first-order chi connectivity index (χ1) is 10.5. The molecule has 0 aromatic heterocycles. The van der Waals surface area contributed by atoms with Crippen LogP contribution in [0.1, 0.15) is 27.2 Å². The molecule has 1 N–H and O–H groups in total. The average Bonchev–Trinajstić information content (AvgIpc) is 2.48. The van der Waals surface area contributed by atoms with Crippen LogP contribution in [0.25, 0.3) is 4.98 Å². The van der Waals surface area contributed by atoms with Crippen LogP contribution in [0.15, 0.2) is 35.8 Å². The number of aliphatic hydroxyl groups is 1. The first kappa shape index (κ1) is 19.8. The highest BCUT2D eigenvalue weighted by Gasteiger charge is 2.31. The number of diazo groups is 1. The normalized spacial score (nSPS) is 15.4. The maximum atomic E-state index is 11.4. The van der Waals surface area contributed by atoms with Gasteiger partial charge in [0.15, 0.2) is 17.0 Å². The van der Waals surface area contributed by atoms with Gasteiger partial charge in [-0.2, -0.15) is 0 Å². The van der Waals surface area contributed by atoms with Crippen LogP contribution >= 0.6 is 0 Å². The van der Waals surface area contributed by atoms with Gasteiger partial charge in [-0.1, -0.05) is 24.3 Å². The van der Waals surface area contributed by atoms with Crippen molar-refractivity contribution >= 4 is 5.97 Å². The second-order valence-electron chi connectivity index (χ2n) is 4.20. The first-order valence-electron chi connectivity index (χ1n) is 6.92. The Morgan fingerprint density at radius 3 is 2.59 bits per heavy atom. The molecule has 0 fully saturated rings. The van der Waals surface area contributed by atoms with Gasteiger partial charge in [0.2, 0.25) is 5.39 Å². The molecule has 122 valence electrons. The minimum atomic E-state index is -0.936. The second kappa shape index (κ2) is 11.5. The van der Waals surface area contributed by atoms with Crippen molar-refractivity contribution in [3.8, 4) is 0 Å². The predicted molar refractivity (Wildman–Crippen MR) is 81.3 cm³/mol. The Balaban J connectivity index is 5.13. The van der Waals surface area contributed by atoms with Crippen LogP contribution in [-0.2, 0) is 19.0 Å².